The number of morpholine rings is 1. The Labute approximate surface area is 182 Å². The van der Waals surface area contributed by atoms with Crippen molar-refractivity contribution < 1.29 is 14.2 Å². The molecule has 0 bridgehead atoms. The molecular weight excluding hydrogens is 404 g/mol. The van der Waals surface area contributed by atoms with E-state index < -0.39 is 0 Å². The summed E-state index contributed by atoms with van der Waals surface area (Å²) < 4.78 is 16.4. The topological polar surface area (TPSA) is 67.4 Å². The van der Waals surface area contributed by atoms with Gasteiger partial charge >= 0.3 is 0 Å². The monoisotopic (exact) mass is 430 g/mol. The van der Waals surface area contributed by atoms with Crippen molar-refractivity contribution in [1.29, 1.82) is 0 Å². The van der Waals surface area contributed by atoms with Crippen molar-refractivity contribution in [3.8, 4) is 11.5 Å². The van der Waals surface area contributed by atoms with Crippen LogP contribution in [0.5, 0.6) is 11.5 Å². The molecule has 160 valence electrons. The van der Waals surface area contributed by atoms with Crippen molar-refractivity contribution in [3.63, 3.8) is 0 Å². The van der Waals surface area contributed by atoms with Gasteiger partial charge in [0.2, 0.25) is 6.79 Å². The Hall–Kier alpha value is -2.48. The first-order valence-electron chi connectivity index (χ1n) is 10.1. The van der Waals surface area contributed by atoms with Gasteiger partial charge in [0.05, 0.1) is 19.3 Å². The first kappa shape index (κ1) is 20.8. The Morgan fingerprint density at radius 2 is 1.83 bits per heavy atom. The largest absolute Gasteiger partial charge is 0.454 e. The molecule has 2 aromatic carbocycles. The van der Waals surface area contributed by atoms with Crippen molar-refractivity contribution in [1.82, 2.24) is 15.5 Å². The molecule has 0 radical (unpaired) electrons. The average Bonchev–Trinajstić information content (AvgIpc) is 3.26. The predicted molar refractivity (Wildman–Crippen MR) is 117 cm³/mol. The minimum atomic E-state index is 0.204. The molecule has 2 N–H and O–H groups in total. The van der Waals surface area contributed by atoms with E-state index in [1.165, 1.54) is 5.56 Å². The highest BCUT2D eigenvalue weighted by Gasteiger charge is 2.23. The molecule has 0 amide bonds. The van der Waals surface area contributed by atoms with E-state index in [4.69, 9.17) is 25.8 Å². The summed E-state index contributed by atoms with van der Waals surface area (Å²) in [4.78, 5) is 6.81. The third-order valence-electron chi connectivity index (χ3n) is 5.32. The zero-order chi connectivity index (χ0) is 20.8. The number of halogens is 1. The molecule has 1 fully saturated rings. The molecule has 0 aromatic heterocycles. The van der Waals surface area contributed by atoms with Gasteiger partial charge in [-0.3, -0.25) is 9.89 Å². The summed E-state index contributed by atoms with van der Waals surface area (Å²) >= 11 is 6.09. The van der Waals surface area contributed by atoms with Gasteiger partial charge in [-0.1, -0.05) is 29.8 Å². The summed E-state index contributed by atoms with van der Waals surface area (Å²) in [5.74, 6) is 2.32. The number of rotatable bonds is 6. The van der Waals surface area contributed by atoms with Crippen molar-refractivity contribution in [2.24, 2.45) is 4.99 Å². The van der Waals surface area contributed by atoms with Gasteiger partial charge in [0.1, 0.15) is 0 Å². The van der Waals surface area contributed by atoms with Crippen LogP contribution in [-0.4, -0.2) is 57.5 Å². The number of hydrogen-bond acceptors (Lipinski definition) is 5. The van der Waals surface area contributed by atoms with Crippen molar-refractivity contribution in [2.75, 3.05) is 46.7 Å². The van der Waals surface area contributed by atoms with Crippen molar-refractivity contribution in [2.45, 2.75) is 12.6 Å². The van der Waals surface area contributed by atoms with E-state index in [0.717, 1.165) is 60.9 Å². The van der Waals surface area contributed by atoms with Gasteiger partial charge in [-0.25, -0.2) is 0 Å². The molecule has 1 saturated heterocycles. The lowest BCUT2D eigenvalue weighted by molar-refractivity contribution is 0.0170. The molecule has 1 unspecified atom stereocenters. The lowest BCUT2D eigenvalue weighted by atomic mass is 10.0. The lowest BCUT2D eigenvalue weighted by Crippen LogP contribution is -2.46. The number of aliphatic imine (C=N–C) groups is 1. The molecule has 2 aliphatic heterocycles. The molecule has 8 heteroatoms. The highest BCUT2D eigenvalue weighted by atomic mass is 35.5. The SMILES string of the molecule is CN=C(NCc1ccc2c(c1)OCO2)NCC(c1ccc(Cl)cc1)N1CCOCC1. The van der Waals surface area contributed by atoms with Crippen LogP contribution in [0.25, 0.3) is 0 Å². The Balaban J connectivity index is 1.37. The van der Waals surface area contributed by atoms with Gasteiger partial charge in [-0.05, 0) is 35.4 Å². The molecular formula is C22H27ClN4O3. The molecule has 0 aliphatic carbocycles. The Morgan fingerprint density at radius 1 is 1.07 bits per heavy atom. The van der Waals surface area contributed by atoms with Crippen LogP contribution >= 0.6 is 11.6 Å². The van der Waals surface area contributed by atoms with E-state index in [9.17, 15) is 0 Å². The van der Waals surface area contributed by atoms with Crippen LogP contribution in [0.4, 0.5) is 0 Å². The first-order valence-corrected chi connectivity index (χ1v) is 10.5. The minimum Gasteiger partial charge on any atom is -0.454 e. The van der Waals surface area contributed by atoms with Crippen LogP contribution in [0.1, 0.15) is 17.2 Å². The second-order valence-electron chi connectivity index (χ2n) is 7.21. The van der Waals surface area contributed by atoms with E-state index in [1.807, 2.05) is 30.3 Å². The third kappa shape index (κ3) is 5.16. The molecule has 2 aliphatic rings. The molecule has 0 spiro atoms. The maximum Gasteiger partial charge on any atom is 0.231 e. The summed E-state index contributed by atoms with van der Waals surface area (Å²) in [6.45, 7) is 4.95. The van der Waals surface area contributed by atoms with Crippen LogP contribution in [0.15, 0.2) is 47.5 Å². The fourth-order valence-corrected chi connectivity index (χ4v) is 3.81. The summed E-state index contributed by atoms with van der Waals surface area (Å²) in [6, 6.07) is 14.2. The maximum absolute atomic E-state index is 6.09. The number of guanidine groups is 1. The molecule has 2 aromatic rings. The van der Waals surface area contributed by atoms with Crippen molar-refractivity contribution >= 4 is 17.6 Å². The Bertz CT molecular complexity index is 869. The quantitative estimate of drug-likeness (QED) is 0.542. The molecule has 0 saturated carbocycles. The zero-order valence-electron chi connectivity index (χ0n) is 17.1. The second kappa shape index (κ2) is 10.0. The standard InChI is InChI=1S/C22H27ClN4O3/c1-24-22(25-13-16-2-7-20-21(12-16)30-15-29-20)26-14-19(27-8-10-28-11-9-27)17-3-5-18(23)6-4-17/h2-7,12,19H,8-11,13-15H2,1H3,(H2,24,25,26). The van der Waals surface area contributed by atoms with Crippen LogP contribution in [0.2, 0.25) is 5.02 Å². The van der Waals surface area contributed by atoms with Crippen molar-refractivity contribution in [3.05, 3.63) is 58.6 Å². The maximum atomic E-state index is 6.09. The summed E-state index contributed by atoms with van der Waals surface area (Å²) in [7, 11) is 1.78. The van der Waals surface area contributed by atoms with Gasteiger partial charge < -0.3 is 24.8 Å². The first-order chi connectivity index (χ1) is 14.7. The van der Waals surface area contributed by atoms with E-state index in [-0.39, 0.29) is 12.8 Å². The summed E-state index contributed by atoms with van der Waals surface area (Å²) in [5.41, 5.74) is 2.32. The number of fused-ring (bicyclic) bond motifs is 1. The molecule has 1 atom stereocenters. The van der Waals surface area contributed by atoms with Crippen LogP contribution < -0.4 is 20.1 Å². The summed E-state index contributed by atoms with van der Waals surface area (Å²) in [5, 5.41) is 7.59. The van der Waals surface area contributed by atoms with E-state index in [1.54, 1.807) is 7.05 Å². The molecule has 2 heterocycles. The predicted octanol–water partition coefficient (Wildman–Crippen LogP) is 2.81. The summed E-state index contributed by atoms with van der Waals surface area (Å²) in [6.07, 6.45) is 0. The fourth-order valence-electron chi connectivity index (χ4n) is 3.68. The van der Waals surface area contributed by atoms with E-state index in [0.29, 0.717) is 6.54 Å². The van der Waals surface area contributed by atoms with Gasteiger partial charge in [-0.2, -0.15) is 0 Å². The highest BCUT2D eigenvalue weighted by molar-refractivity contribution is 6.30. The minimum absolute atomic E-state index is 0.204. The number of nitrogens with one attached hydrogen (secondary N) is 2. The van der Waals surface area contributed by atoms with Crippen LogP contribution in [-0.2, 0) is 11.3 Å². The van der Waals surface area contributed by atoms with Crippen LogP contribution in [0.3, 0.4) is 0 Å². The number of ether oxygens (including phenoxy) is 3. The zero-order valence-corrected chi connectivity index (χ0v) is 17.8. The smallest absolute Gasteiger partial charge is 0.231 e. The molecule has 7 nitrogen and oxygen atoms in total. The highest BCUT2D eigenvalue weighted by Crippen LogP contribution is 2.32. The van der Waals surface area contributed by atoms with Gasteiger partial charge in [0, 0.05) is 38.2 Å². The number of benzene rings is 2. The molecule has 30 heavy (non-hydrogen) atoms. The van der Waals surface area contributed by atoms with E-state index >= 15 is 0 Å². The third-order valence-corrected chi connectivity index (χ3v) is 5.58. The van der Waals surface area contributed by atoms with Gasteiger partial charge in [0.15, 0.2) is 17.5 Å². The van der Waals surface area contributed by atoms with E-state index in [2.05, 4.69) is 32.7 Å². The fraction of sp³-hybridized carbons (Fsp3) is 0.409. The number of nitrogens with zero attached hydrogens (tertiary/aromatic N) is 2. The second-order valence-corrected chi connectivity index (χ2v) is 7.65. The van der Waals surface area contributed by atoms with Gasteiger partial charge in [-0.15, -0.1) is 0 Å². The lowest BCUT2D eigenvalue weighted by Gasteiger charge is -2.35. The Morgan fingerprint density at radius 3 is 2.60 bits per heavy atom. The average molecular weight is 431 g/mol. The van der Waals surface area contributed by atoms with Gasteiger partial charge in [0.25, 0.3) is 0 Å². The normalized spacial score (nSPS) is 17.6. The van der Waals surface area contributed by atoms with Crippen LogP contribution in [0, 0.1) is 0 Å². The number of hydrogen-bond donors (Lipinski definition) is 2. The Kier molecular flexibility index (Phi) is 6.94. The molecule has 4 rings (SSSR count).